The van der Waals surface area contributed by atoms with Gasteiger partial charge in [0.15, 0.2) is 0 Å². The van der Waals surface area contributed by atoms with Crippen LogP contribution in [-0.2, 0) is 27.1 Å². The third-order valence-electron chi connectivity index (χ3n) is 4.39. The van der Waals surface area contributed by atoms with E-state index in [1.807, 2.05) is 32.0 Å². The molecule has 1 aromatic heterocycles. The van der Waals surface area contributed by atoms with Gasteiger partial charge < -0.3 is 9.47 Å². The lowest BCUT2D eigenvalue weighted by molar-refractivity contribution is -0.142. The molecule has 8 nitrogen and oxygen atoms in total. The fourth-order valence-electron chi connectivity index (χ4n) is 3.13. The minimum Gasteiger partial charge on any atom is -0.469 e. The molecule has 0 radical (unpaired) electrons. The van der Waals surface area contributed by atoms with Gasteiger partial charge in [0.05, 0.1) is 12.6 Å². The second-order valence-electron chi connectivity index (χ2n) is 8.25. The van der Waals surface area contributed by atoms with Crippen molar-refractivity contribution in [1.29, 1.82) is 0 Å². The summed E-state index contributed by atoms with van der Waals surface area (Å²) in [6.45, 7) is 9.43. The van der Waals surface area contributed by atoms with Crippen LogP contribution in [0, 0.1) is 0 Å². The van der Waals surface area contributed by atoms with E-state index in [2.05, 4.69) is 16.1 Å². The zero-order valence-corrected chi connectivity index (χ0v) is 18.3. The van der Waals surface area contributed by atoms with E-state index in [9.17, 15) is 9.59 Å². The third-order valence-corrected chi connectivity index (χ3v) is 4.39. The van der Waals surface area contributed by atoms with Gasteiger partial charge in [0.2, 0.25) is 0 Å². The molecular weight excluding hydrogens is 384 g/mol. The Hall–Kier alpha value is -3.25. The van der Waals surface area contributed by atoms with Crippen LogP contribution in [0.1, 0.15) is 45.7 Å². The van der Waals surface area contributed by atoms with Crippen molar-refractivity contribution < 1.29 is 19.1 Å². The van der Waals surface area contributed by atoms with Gasteiger partial charge in [-0.2, -0.15) is 0 Å². The summed E-state index contributed by atoms with van der Waals surface area (Å²) in [6.07, 6.45) is 3.99. The molecule has 0 aliphatic heterocycles. The van der Waals surface area contributed by atoms with Gasteiger partial charge >= 0.3 is 12.1 Å². The first-order valence-electron chi connectivity index (χ1n) is 9.68. The predicted octanol–water partition coefficient (Wildman–Crippen LogP) is 5.33. The Morgan fingerprint density at radius 2 is 1.97 bits per heavy atom. The van der Waals surface area contributed by atoms with Gasteiger partial charge in [-0.05, 0) is 70.2 Å². The quantitative estimate of drug-likeness (QED) is 0.210. The third kappa shape index (κ3) is 5.64. The number of aromatic nitrogens is 1. The van der Waals surface area contributed by atoms with Crippen molar-refractivity contribution in [1.82, 2.24) is 4.57 Å². The van der Waals surface area contributed by atoms with E-state index in [-0.39, 0.29) is 6.42 Å². The van der Waals surface area contributed by atoms with Gasteiger partial charge in [-0.3, -0.25) is 9.36 Å². The first-order chi connectivity index (χ1) is 14.1. The zero-order chi connectivity index (χ0) is 22.5. The Morgan fingerprint density at radius 1 is 1.27 bits per heavy atom. The summed E-state index contributed by atoms with van der Waals surface area (Å²) in [4.78, 5) is 27.7. The summed E-state index contributed by atoms with van der Waals surface area (Å²) >= 11 is 0. The SMILES string of the molecule is COC(=O)C(Cc1cn(C(=O)OC(C)(C)C)c2cccc(CC=C(C)C)c12)N=[N+]=[N-]. The molecule has 8 heteroatoms. The molecule has 1 unspecified atom stereocenters. The average molecular weight is 412 g/mol. The number of carbonyl (C=O) groups is 2. The number of allylic oxidation sites excluding steroid dienone is 2. The molecule has 30 heavy (non-hydrogen) atoms. The van der Waals surface area contributed by atoms with Gasteiger partial charge in [0.1, 0.15) is 11.6 Å². The number of ether oxygens (including phenoxy) is 2. The highest BCUT2D eigenvalue weighted by Crippen LogP contribution is 2.29. The summed E-state index contributed by atoms with van der Waals surface area (Å²) in [6, 6.07) is 4.65. The van der Waals surface area contributed by atoms with Gasteiger partial charge in [-0.15, -0.1) is 0 Å². The molecule has 0 bridgehead atoms. The second kappa shape index (κ2) is 9.50. The number of benzene rings is 1. The van der Waals surface area contributed by atoms with Crippen LogP contribution in [0.15, 0.2) is 41.2 Å². The number of hydrogen-bond acceptors (Lipinski definition) is 5. The normalized spacial score (nSPS) is 12.1. The summed E-state index contributed by atoms with van der Waals surface area (Å²) in [7, 11) is 1.24. The molecule has 2 aromatic rings. The second-order valence-corrected chi connectivity index (χ2v) is 8.25. The number of carbonyl (C=O) groups excluding carboxylic acids is 2. The minimum atomic E-state index is -1.03. The Balaban J connectivity index is 2.66. The molecule has 0 aliphatic rings. The fraction of sp³-hybridized carbons (Fsp3) is 0.455. The van der Waals surface area contributed by atoms with Crippen molar-refractivity contribution in [3.63, 3.8) is 0 Å². The highest BCUT2D eigenvalue weighted by Gasteiger charge is 2.25. The molecule has 0 aliphatic carbocycles. The molecule has 0 N–H and O–H groups in total. The maximum Gasteiger partial charge on any atom is 0.419 e. The standard InChI is InChI=1S/C22H28N4O4/c1-14(2)10-11-15-8-7-9-18-19(15)16(12-17(24-25-23)20(27)29-6)13-26(18)21(28)30-22(3,4)5/h7-10,13,17H,11-12H2,1-6H3. The Labute approximate surface area is 176 Å². The molecule has 1 heterocycles. The maximum absolute atomic E-state index is 12.8. The lowest BCUT2D eigenvalue weighted by Crippen LogP contribution is -2.26. The molecule has 1 aromatic carbocycles. The van der Waals surface area contributed by atoms with Crippen LogP contribution in [-0.4, -0.2) is 35.4 Å². The van der Waals surface area contributed by atoms with Crippen LogP contribution in [0.25, 0.3) is 21.3 Å². The van der Waals surface area contributed by atoms with Gasteiger partial charge in [-0.25, -0.2) is 4.79 Å². The van der Waals surface area contributed by atoms with E-state index in [0.717, 1.165) is 10.9 Å². The average Bonchev–Trinajstić information content (AvgIpc) is 3.03. The van der Waals surface area contributed by atoms with Crippen molar-refractivity contribution in [2.75, 3.05) is 7.11 Å². The fourth-order valence-corrected chi connectivity index (χ4v) is 3.13. The number of azide groups is 1. The van der Waals surface area contributed by atoms with Crippen LogP contribution in [0.5, 0.6) is 0 Å². The number of hydrogen-bond donors (Lipinski definition) is 0. The smallest absolute Gasteiger partial charge is 0.419 e. The molecule has 1 atom stereocenters. The van der Waals surface area contributed by atoms with E-state index in [1.165, 1.54) is 17.3 Å². The van der Waals surface area contributed by atoms with Crippen LogP contribution in [0.3, 0.4) is 0 Å². The lowest BCUT2D eigenvalue weighted by Gasteiger charge is -2.19. The first-order valence-corrected chi connectivity index (χ1v) is 9.68. The molecule has 2 rings (SSSR count). The maximum atomic E-state index is 12.8. The molecule has 0 saturated heterocycles. The Bertz CT molecular complexity index is 1020. The number of fused-ring (bicyclic) bond motifs is 1. The minimum absolute atomic E-state index is 0.106. The molecule has 160 valence electrons. The van der Waals surface area contributed by atoms with E-state index in [1.54, 1.807) is 27.0 Å². The molecular formula is C22H28N4O4. The number of methoxy groups -OCH3 is 1. The topological polar surface area (TPSA) is 106 Å². The number of nitrogens with zero attached hydrogens (tertiary/aromatic N) is 4. The predicted molar refractivity (Wildman–Crippen MR) is 115 cm³/mol. The highest BCUT2D eigenvalue weighted by atomic mass is 16.6. The van der Waals surface area contributed by atoms with E-state index in [4.69, 9.17) is 15.0 Å². The highest BCUT2D eigenvalue weighted by molar-refractivity contribution is 5.94. The van der Waals surface area contributed by atoms with Gasteiger partial charge in [0, 0.05) is 16.5 Å². The largest absolute Gasteiger partial charge is 0.469 e. The zero-order valence-electron chi connectivity index (χ0n) is 18.3. The Kier molecular flexibility index (Phi) is 7.29. The summed E-state index contributed by atoms with van der Waals surface area (Å²) in [5.74, 6) is -0.632. The monoisotopic (exact) mass is 412 g/mol. The van der Waals surface area contributed by atoms with Crippen molar-refractivity contribution in [2.45, 2.75) is 59.1 Å². The van der Waals surface area contributed by atoms with E-state index < -0.39 is 23.7 Å². The van der Waals surface area contributed by atoms with E-state index >= 15 is 0 Å². The summed E-state index contributed by atoms with van der Waals surface area (Å²) < 4.78 is 11.7. The van der Waals surface area contributed by atoms with E-state index in [0.29, 0.717) is 17.5 Å². The number of esters is 1. The molecule has 0 saturated carbocycles. The van der Waals surface area contributed by atoms with Crippen molar-refractivity contribution >= 4 is 23.0 Å². The molecule has 0 spiro atoms. The van der Waals surface area contributed by atoms with Crippen LogP contribution >= 0.6 is 0 Å². The molecule has 0 fully saturated rings. The molecule has 0 amide bonds. The van der Waals surface area contributed by atoms with Crippen LogP contribution in [0.4, 0.5) is 4.79 Å². The summed E-state index contributed by atoms with van der Waals surface area (Å²) in [5, 5.41) is 4.42. The summed E-state index contributed by atoms with van der Waals surface area (Å²) in [5.41, 5.74) is 11.7. The van der Waals surface area contributed by atoms with Gasteiger partial charge in [-0.1, -0.05) is 28.9 Å². The van der Waals surface area contributed by atoms with Crippen molar-refractivity contribution in [3.05, 3.63) is 57.6 Å². The lowest BCUT2D eigenvalue weighted by atomic mass is 9.99. The van der Waals surface area contributed by atoms with Crippen molar-refractivity contribution in [3.8, 4) is 0 Å². The van der Waals surface area contributed by atoms with Crippen LogP contribution in [0.2, 0.25) is 0 Å². The first kappa shape index (κ1) is 23.0. The van der Waals surface area contributed by atoms with Crippen molar-refractivity contribution in [2.24, 2.45) is 5.11 Å². The Morgan fingerprint density at radius 3 is 2.53 bits per heavy atom. The number of rotatable bonds is 6. The van der Waals surface area contributed by atoms with Gasteiger partial charge in [0.25, 0.3) is 0 Å². The van der Waals surface area contributed by atoms with Crippen LogP contribution < -0.4 is 0 Å².